The van der Waals surface area contributed by atoms with Gasteiger partial charge < -0.3 is 14.6 Å². The standard InChI is InChI=1S/C7H14O4/c1-4-10-7(9,6(3)8)11-5-2/h9H,4-5H2,1-3H3. The van der Waals surface area contributed by atoms with Crippen LogP contribution in [0.4, 0.5) is 0 Å². The fourth-order valence-electron chi connectivity index (χ4n) is 0.636. The molecular formula is C7H14O4. The van der Waals surface area contributed by atoms with E-state index in [4.69, 9.17) is 9.47 Å². The highest BCUT2D eigenvalue weighted by Gasteiger charge is 2.34. The Morgan fingerprint density at radius 2 is 1.73 bits per heavy atom. The molecule has 0 atom stereocenters. The summed E-state index contributed by atoms with van der Waals surface area (Å²) in [6, 6.07) is 0. The smallest absolute Gasteiger partial charge is 0.337 e. The fraction of sp³-hybridized carbons (Fsp3) is 0.857. The van der Waals surface area contributed by atoms with Gasteiger partial charge in [0.05, 0.1) is 13.2 Å². The first-order chi connectivity index (χ1) is 5.06. The molecular weight excluding hydrogens is 148 g/mol. The van der Waals surface area contributed by atoms with Crippen LogP contribution in [0.25, 0.3) is 0 Å². The van der Waals surface area contributed by atoms with Gasteiger partial charge in [0.15, 0.2) is 0 Å². The third-order valence-corrected chi connectivity index (χ3v) is 1.12. The van der Waals surface area contributed by atoms with Gasteiger partial charge in [0.1, 0.15) is 0 Å². The lowest BCUT2D eigenvalue weighted by Crippen LogP contribution is -2.42. The molecule has 0 aromatic carbocycles. The van der Waals surface area contributed by atoms with E-state index < -0.39 is 11.8 Å². The van der Waals surface area contributed by atoms with Crippen molar-refractivity contribution in [3.8, 4) is 0 Å². The second kappa shape index (κ2) is 4.43. The SMILES string of the molecule is CCOC(O)(OCC)C(C)=O. The van der Waals surface area contributed by atoms with Crippen molar-refractivity contribution in [1.82, 2.24) is 0 Å². The number of carbonyl (C=O) groups excluding carboxylic acids is 1. The maximum Gasteiger partial charge on any atom is 0.343 e. The van der Waals surface area contributed by atoms with Crippen molar-refractivity contribution in [1.29, 1.82) is 0 Å². The van der Waals surface area contributed by atoms with Crippen LogP contribution in [0.3, 0.4) is 0 Å². The molecule has 4 nitrogen and oxygen atoms in total. The lowest BCUT2D eigenvalue weighted by Gasteiger charge is -2.23. The van der Waals surface area contributed by atoms with E-state index in [1.165, 1.54) is 6.92 Å². The summed E-state index contributed by atoms with van der Waals surface area (Å²) in [6.45, 7) is 5.03. The molecule has 0 aliphatic heterocycles. The zero-order chi connectivity index (χ0) is 8.91. The van der Waals surface area contributed by atoms with Gasteiger partial charge in [-0.1, -0.05) is 0 Å². The Hall–Kier alpha value is -0.450. The van der Waals surface area contributed by atoms with Gasteiger partial charge in [0, 0.05) is 6.92 Å². The van der Waals surface area contributed by atoms with Crippen LogP contribution < -0.4 is 0 Å². The van der Waals surface area contributed by atoms with Crippen LogP contribution in [0.15, 0.2) is 0 Å². The van der Waals surface area contributed by atoms with Crippen molar-refractivity contribution in [2.24, 2.45) is 0 Å². The minimum absolute atomic E-state index is 0.232. The first-order valence-corrected chi connectivity index (χ1v) is 3.58. The van der Waals surface area contributed by atoms with E-state index in [1.54, 1.807) is 13.8 Å². The molecule has 1 N–H and O–H groups in total. The Bertz CT molecular complexity index is 126. The number of hydrogen-bond acceptors (Lipinski definition) is 4. The van der Waals surface area contributed by atoms with Gasteiger partial charge in [-0.2, -0.15) is 0 Å². The first kappa shape index (κ1) is 10.6. The van der Waals surface area contributed by atoms with Crippen LogP contribution in [-0.4, -0.2) is 30.1 Å². The lowest BCUT2D eigenvalue weighted by molar-refractivity contribution is -0.329. The van der Waals surface area contributed by atoms with Gasteiger partial charge in [0.2, 0.25) is 5.78 Å². The van der Waals surface area contributed by atoms with Crippen molar-refractivity contribution < 1.29 is 19.4 Å². The summed E-state index contributed by atoms with van der Waals surface area (Å²) in [5.74, 6) is -2.58. The van der Waals surface area contributed by atoms with Crippen LogP contribution in [0, 0.1) is 0 Å². The number of carbonyl (C=O) groups is 1. The number of ketones is 1. The average molecular weight is 162 g/mol. The minimum atomic E-state index is -2.04. The van der Waals surface area contributed by atoms with Crippen molar-refractivity contribution in [3.05, 3.63) is 0 Å². The van der Waals surface area contributed by atoms with Crippen molar-refractivity contribution in [2.45, 2.75) is 26.7 Å². The molecule has 0 aliphatic rings. The summed E-state index contributed by atoms with van der Waals surface area (Å²) in [6.07, 6.45) is 0. The Morgan fingerprint density at radius 3 is 1.91 bits per heavy atom. The zero-order valence-corrected chi connectivity index (χ0v) is 7.09. The number of hydrogen-bond donors (Lipinski definition) is 1. The molecule has 11 heavy (non-hydrogen) atoms. The third kappa shape index (κ3) is 2.96. The molecule has 0 aromatic heterocycles. The average Bonchev–Trinajstić information content (AvgIpc) is 1.88. The Balaban J connectivity index is 4.13. The zero-order valence-electron chi connectivity index (χ0n) is 7.09. The summed E-state index contributed by atoms with van der Waals surface area (Å²) < 4.78 is 9.43. The van der Waals surface area contributed by atoms with E-state index in [0.717, 1.165) is 0 Å². The molecule has 66 valence electrons. The van der Waals surface area contributed by atoms with Gasteiger partial charge in [-0.05, 0) is 13.8 Å². The number of Topliss-reactive ketones (excluding diaryl/α,β-unsaturated/α-hetero) is 1. The van der Waals surface area contributed by atoms with Crippen LogP contribution in [-0.2, 0) is 14.3 Å². The normalized spacial score (nSPS) is 11.6. The first-order valence-electron chi connectivity index (χ1n) is 3.58. The molecule has 0 fully saturated rings. The molecule has 0 spiro atoms. The van der Waals surface area contributed by atoms with E-state index in [2.05, 4.69) is 0 Å². The monoisotopic (exact) mass is 162 g/mol. The predicted octanol–water partition coefficient (Wildman–Crippen LogP) is 0.294. The van der Waals surface area contributed by atoms with Crippen molar-refractivity contribution >= 4 is 5.78 Å². The Kier molecular flexibility index (Phi) is 4.25. The van der Waals surface area contributed by atoms with Crippen molar-refractivity contribution in [3.63, 3.8) is 0 Å². The molecule has 0 aromatic rings. The second-order valence-electron chi connectivity index (χ2n) is 2.00. The molecule has 0 aliphatic carbocycles. The van der Waals surface area contributed by atoms with Crippen molar-refractivity contribution in [2.75, 3.05) is 13.2 Å². The molecule has 0 heterocycles. The molecule has 0 rings (SSSR count). The summed E-state index contributed by atoms with van der Waals surface area (Å²) in [5, 5.41) is 9.29. The molecule has 0 amide bonds. The molecule has 0 unspecified atom stereocenters. The summed E-state index contributed by atoms with van der Waals surface area (Å²) >= 11 is 0. The number of ether oxygens (including phenoxy) is 2. The van der Waals surface area contributed by atoms with Crippen LogP contribution in [0.1, 0.15) is 20.8 Å². The molecule has 0 saturated carbocycles. The Morgan fingerprint density at radius 1 is 1.36 bits per heavy atom. The highest BCUT2D eigenvalue weighted by atomic mass is 16.8. The van der Waals surface area contributed by atoms with E-state index >= 15 is 0 Å². The molecule has 4 heteroatoms. The second-order valence-corrected chi connectivity index (χ2v) is 2.00. The van der Waals surface area contributed by atoms with Crippen LogP contribution in [0.2, 0.25) is 0 Å². The minimum Gasteiger partial charge on any atom is -0.337 e. The van der Waals surface area contributed by atoms with Gasteiger partial charge in [-0.15, -0.1) is 0 Å². The van der Waals surface area contributed by atoms with E-state index in [9.17, 15) is 9.90 Å². The van der Waals surface area contributed by atoms with Crippen LogP contribution >= 0.6 is 0 Å². The highest BCUT2D eigenvalue weighted by molar-refractivity contribution is 5.81. The third-order valence-electron chi connectivity index (χ3n) is 1.12. The largest absolute Gasteiger partial charge is 0.343 e. The molecule has 0 saturated heterocycles. The summed E-state index contributed by atoms with van der Waals surface area (Å²) in [4.78, 5) is 10.7. The lowest BCUT2D eigenvalue weighted by atomic mass is 10.4. The topological polar surface area (TPSA) is 55.8 Å². The maximum absolute atomic E-state index is 10.7. The van der Waals surface area contributed by atoms with Gasteiger partial charge in [-0.25, -0.2) is 0 Å². The van der Waals surface area contributed by atoms with Gasteiger partial charge in [-0.3, -0.25) is 4.79 Å². The Labute approximate surface area is 66.1 Å². The number of rotatable bonds is 5. The van der Waals surface area contributed by atoms with E-state index in [1.807, 2.05) is 0 Å². The van der Waals surface area contributed by atoms with Gasteiger partial charge >= 0.3 is 5.97 Å². The maximum atomic E-state index is 10.7. The fourth-order valence-corrected chi connectivity index (χ4v) is 0.636. The van der Waals surface area contributed by atoms with Crippen LogP contribution in [0.5, 0.6) is 0 Å². The highest BCUT2D eigenvalue weighted by Crippen LogP contribution is 2.09. The predicted molar refractivity (Wildman–Crippen MR) is 38.9 cm³/mol. The summed E-state index contributed by atoms with van der Waals surface area (Å²) in [7, 11) is 0. The summed E-state index contributed by atoms with van der Waals surface area (Å²) in [5.41, 5.74) is 0. The van der Waals surface area contributed by atoms with E-state index in [-0.39, 0.29) is 13.2 Å². The molecule has 0 bridgehead atoms. The van der Waals surface area contributed by atoms with E-state index in [0.29, 0.717) is 0 Å². The quantitative estimate of drug-likeness (QED) is 0.590. The number of aliphatic hydroxyl groups is 1. The molecule has 0 radical (unpaired) electrons. The van der Waals surface area contributed by atoms with Gasteiger partial charge in [0.25, 0.3) is 0 Å².